The molecule has 0 aliphatic rings. The smallest absolute Gasteiger partial charge is 0.224 e. The summed E-state index contributed by atoms with van der Waals surface area (Å²) >= 11 is 0. The summed E-state index contributed by atoms with van der Waals surface area (Å²) in [4.78, 5) is 11.8. The molecule has 2 rings (SSSR count). The highest BCUT2D eigenvalue weighted by molar-refractivity contribution is 5.78. The van der Waals surface area contributed by atoms with Gasteiger partial charge in [0.1, 0.15) is 17.4 Å². The molecule has 0 fully saturated rings. The van der Waals surface area contributed by atoms with Gasteiger partial charge in [-0.05, 0) is 35.9 Å². The van der Waals surface area contributed by atoms with Crippen molar-refractivity contribution in [1.82, 2.24) is 5.32 Å². The molecule has 3 nitrogen and oxygen atoms in total. The molecule has 1 amide bonds. The summed E-state index contributed by atoms with van der Waals surface area (Å²) in [5.41, 5.74) is 0.903. The van der Waals surface area contributed by atoms with Crippen LogP contribution in [0.5, 0.6) is 5.75 Å². The Bertz CT molecular complexity index is 644. The third-order valence-electron chi connectivity index (χ3n) is 2.98. The van der Waals surface area contributed by atoms with Crippen molar-refractivity contribution in [2.45, 2.75) is 13.0 Å². The van der Waals surface area contributed by atoms with Crippen LogP contribution >= 0.6 is 0 Å². The number of ether oxygens (including phenoxy) is 1. The van der Waals surface area contributed by atoms with Gasteiger partial charge in [0.05, 0.1) is 13.5 Å². The Morgan fingerprint density at radius 1 is 1.19 bits per heavy atom. The Balaban J connectivity index is 1.94. The van der Waals surface area contributed by atoms with Crippen LogP contribution in [-0.2, 0) is 17.8 Å². The fraction of sp³-hybridized carbons (Fsp3) is 0.188. The van der Waals surface area contributed by atoms with Gasteiger partial charge < -0.3 is 10.1 Å². The van der Waals surface area contributed by atoms with E-state index in [9.17, 15) is 13.6 Å². The number of carbonyl (C=O) groups excluding carboxylic acids is 1. The minimum Gasteiger partial charge on any atom is -0.497 e. The number of carbonyl (C=O) groups is 1. The topological polar surface area (TPSA) is 38.3 Å². The van der Waals surface area contributed by atoms with E-state index >= 15 is 0 Å². The minimum atomic E-state index is -0.543. The first-order valence-corrected chi connectivity index (χ1v) is 6.42. The van der Waals surface area contributed by atoms with Crippen molar-refractivity contribution in [3.05, 3.63) is 65.2 Å². The fourth-order valence-electron chi connectivity index (χ4n) is 1.90. The highest BCUT2D eigenvalue weighted by Gasteiger charge is 2.07. The first kappa shape index (κ1) is 15.0. The van der Waals surface area contributed by atoms with Gasteiger partial charge in [-0.2, -0.15) is 0 Å². The quantitative estimate of drug-likeness (QED) is 0.920. The summed E-state index contributed by atoms with van der Waals surface area (Å²) in [6, 6.07) is 10.3. The normalized spacial score (nSPS) is 10.2. The summed E-state index contributed by atoms with van der Waals surface area (Å²) < 4.78 is 31.5. The van der Waals surface area contributed by atoms with Crippen molar-refractivity contribution in [3.8, 4) is 5.75 Å². The van der Waals surface area contributed by atoms with Crippen LogP contribution in [0.4, 0.5) is 8.78 Å². The zero-order chi connectivity index (χ0) is 15.2. The molecular weight excluding hydrogens is 276 g/mol. The standard InChI is InChI=1S/C16H15F2NO2/c1-21-14-4-2-3-11(7-14)8-16(20)19-10-12-9-13(17)5-6-15(12)18/h2-7,9H,8,10H2,1H3,(H,19,20). The maximum atomic E-state index is 13.4. The second-order valence-corrected chi connectivity index (χ2v) is 4.54. The van der Waals surface area contributed by atoms with Crippen molar-refractivity contribution in [3.63, 3.8) is 0 Å². The maximum absolute atomic E-state index is 13.4. The van der Waals surface area contributed by atoms with Crippen molar-refractivity contribution in [2.75, 3.05) is 7.11 Å². The van der Waals surface area contributed by atoms with Gasteiger partial charge in [0.2, 0.25) is 5.91 Å². The van der Waals surface area contributed by atoms with E-state index in [4.69, 9.17) is 4.74 Å². The molecule has 0 saturated heterocycles. The number of nitrogens with one attached hydrogen (secondary N) is 1. The molecular formula is C16H15F2NO2. The van der Waals surface area contributed by atoms with E-state index < -0.39 is 11.6 Å². The lowest BCUT2D eigenvalue weighted by molar-refractivity contribution is -0.120. The molecule has 0 unspecified atom stereocenters. The largest absolute Gasteiger partial charge is 0.497 e. The predicted octanol–water partition coefficient (Wildman–Crippen LogP) is 2.83. The molecule has 2 aromatic carbocycles. The molecule has 0 bridgehead atoms. The lowest BCUT2D eigenvalue weighted by Crippen LogP contribution is -2.25. The monoisotopic (exact) mass is 291 g/mol. The molecule has 0 radical (unpaired) electrons. The van der Waals surface area contributed by atoms with Crippen LogP contribution in [0, 0.1) is 11.6 Å². The summed E-state index contributed by atoms with van der Waals surface area (Å²) in [5, 5.41) is 2.57. The third kappa shape index (κ3) is 4.27. The van der Waals surface area contributed by atoms with Crippen LogP contribution in [0.1, 0.15) is 11.1 Å². The Kier molecular flexibility index (Phi) is 4.87. The molecule has 1 N–H and O–H groups in total. The molecule has 0 aliphatic heterocycles. The van der Waals surface area contributed by atoms with Gasteiger partial charge >= 0.3 is 0 Å². The van der Waals surface area contributed by atoms with Gasteiger partial charge in [-0.25, -0.2) is 8.78 Å². The van der Waals surface area contributed by atoms with Crippen molar-refractivity contribution < 1.29 is 18.3 Å². The van der Waals surface area contributed by atoms with Crippen LogP contribution in [0.2, 0.25) is 0 Å². The number of benzene rings is 2. The molecule has 2 aromatic rings. The van der Waals surface area contributed by atoms with E-state index in [1.807, 2.05) is 0 Å². The molecule has 0 spiro atoms. The number of amides is 1. The zero-order valence-electron chi connectivity index (χ0n) is 11.5. The highest BCUT2D eigenvalue weighted by atomic mass is 19.1. The molecule has 0 saturated carbocycles. The van der Waals surface area contributed by atoms with Crippen molar-refractivity contribution in [1.29, 1.82) is 0 Å². The van der Waals surface area contributed by atoms with Crippen molar-refractivity contribution >= 4 is 5.91 Å². The number of halogens is 2. The van der Waals surface area contributed by atoms with Gasteiger partial charge in [-0.1, -0.05) is 12.1 Å². The number of methoxy groups -OCH3 is 1. The summed E-state index contributed by atoms with van der Waals surface area (Å²) in [6.45, 7) is -0.0492. The van der Waals surface area contributed by atoms with Gasteiger partial charge in [0, 0.05) is 12.1 Å². The first-order valence-electron chi connectivity index (χ1n) is 6.42. The van der Waals surface area contributed by atoms with Gasteiger partial charge in [-0.3, -0.25) is 4.79 Å². The Morgan fingerprint density at radius 2 is 2.00 bits per heavy atom. The van der Waals surface area contributed by atoms with Crippen LogP contribution in [0.15, 0.2) is 42.5 Å². The number of rotatable bonds is 5. The Labute approximate surface area is 121 Å². The van der Waals surface area contributed by atoms with Gasteiger partial charge in [0.25, 0.3) is 0 Å². The minimum absolute atomic E-state index is 0.0492. The molecule has 0 aromatic heterocycles. The number of hydrogen-bond donors (Lipinski definition) is 1. The summed E-state index contributed by atoms with van der Waals surface area (Å²) in [5.74, 6) is -0.685. The van der Waals surface area contributed by atoms with Crippen LogP contribution < -0.4 is 10.1 Å². The van der Waals surface area contributed by atoms with E-state index in [0.29, 0.717) is 5.75 Å². The molecule has 21 heavy (non-hydrogen) atoms. The van der Waals surface area contributed by atoms with Crippen LogP contribution in [0.3, 0.4) is 0 Å². The molecule has 110 valence electrons. The number of hydrogen-bond acceptors (Lipinski definition) is 2. The van der Waals surface area contributed by atoms with E-state index in [0.717, 1.165) is 23.8 Å². The Morgan fingerprint density at radius 3 is 2.76 bits per heavy atom. The van der Waals surface area contributed by atoms with E-state index in [-0.39, 0.29) is 24.4 Å². The third-order valence-corrected chi connectivity index (χ3v) is 2.98. The lowest BCUT2D eigenvalue weighted by Gasteiger charge is -2.07. The Hall–Kier alpha value is -2.43. The van der Waals surface area contributed by atoms with E-state index in [1.165, 1.54) is 0 Å². The van der Waals surface area contributed by atoms with E-state index in [1.54, 1.807) is 31.4 Å². The summed E-state index contributed by atoms with van der Waals surface area (Å²) in [7, 11) is 1.55. The lowest BCUT2D eigenvalue weighted by atomic mass is 10.1. The SMILES string of the molecule is COc1cccc(CC(=O)NCc2cc(F)ccc2F)c1. The molecule has 5 heteroatoms. The van der Waals surface area contributed by atoms with Crippen molar-refractivity contribution in [2.24, 2.45) is 0 Å². The predicted molar refractivity (Wildman–Crippen MR) is 74.9 cm³/mol. The highest BCUT2D eigenvalue weighted by Crippen LogP contribution is 2.13. The van der Waals surface area contributed by atoms with E-state index in [2.05, 4.69) is 5.32 Å². The average molecular weight is 291 g/mol. The van der Waals surface area contributed by atoms with Gasteiger partial charge in [-0.15, -0.1) is 0 Å². The molecule has 0 aliphatic carbocycles. The zero-order valence-corrected chi connectivity index (χ0v) is 11.5. The summed E-state index contributed by atoms with van der Waals surface area (Å²) in [6.07, 6.45) is 0.147. The molecule has 0 heterocycles. The second-order valence-electron chi connectivity index (χ2n) is 4.54. The van der Waals surface area contributed by atoms with Gasteiger partial charge in [0.15, 0.2) is 0 Å². The second kappa shape index (κ2) is 6.83. The average Bonchev–Trinajstić information content (AvgIpc) is 2.48. The van der Waals surface area contributed by atoms with Crippen LogP contribution in [-0.4, -0.2) is 13.0 Å². The fourth-order valence-corrected chi connectivity index (χ4v) is 1.90. The molecule has 0 atom stereocenters. The first-order chi connectivity index (χ1) is 10.1. The van der Waals surface area contributed by atoms with Crippen LogP contribution in [0.25, 0.3) is 0 Å². The maximum Gasteiger partial charge on any atom is 0.224 e.